The molecule has 1 aromatic carbocycles. The van der Waals surface area contributed by atoms with Gasteiger partial charge in [0.2, 0.25) is 5.91 Å². The quantitative estimate of drug-likeness (QED) is 0.783. The van der Waals surface area contributed by atoms with Gasteiger partial charge in [-0.3, -0.25) is 14.3 Å². The Bertz CT molecular complexity index is 742. The minimum Gasteiger partial charge on any atom is -0.372 e. The Morgan fingerprint density at radius 1 is 1.32 bits per heavy atom. The van der Waals surface area contributed by atoms with E-state index in [4.69, 9.17) is 4.74 Å². The van der Waals surface area contributed by atoms with E-state index in [-0.39, 0.29) is 24.5 Å². The summed E-state index contributed by atoms with van der Waals surface area (Å²) in [5, 5.41) is 10.1. The van der Waals surface area contributed by atoms with Crippen molar-refractivity contribution in [2.24, 2.45) is 0 Å². The number of ether oxygens (including phenoxy) is 1. The average molecular weight is 342 g/mol. The lowest BCUT2D eigenvalue weighted by Gasteiger charge is -2.11. The Labute approximate surface area is 146 Å². The summed E-state index contributed by atoms with van der Waals surface area (Å²) < 4.78 is 6.88. The molecule has 1 aromatic heterocycles. The number of hydrogen-bond donors (Lipinski definition) is 2. The number of aromatic nitrogens is 2. The first-order chi connectivity index (χ1) is 12.2. The summed E-state index contributed by atoms with van der Waals surface area (Å²) in [7, 11) is 0. The van der Waals surface area contributed by atoms with Crippen LogP contribution in [0.15, 0.2) is 36.5 Å². The maximum Gasteiger partial charge on any atom is 0.255 e. The van der Waals surface area contributed by atoms with Crippen LogP contribution in [0.5, 0.6) is 0 Å². The van der Waals surface area contributed by atoms with Crippen molar-refractivity contribution < 1.29 is 14.3 Å². The summed E-state index contributed by atoms with van der Waals surface area (Å²) in [5.74, 6) is -0.293. The van der Waals surface area contributed by atoms with Gasteiger partial charge in [-0.1, -0.05) is 30.3 Å². The highest BCUT2D eigenvalue weighted by atomic mass is 16.5. The van der Waals surface area contributed by atoms with E-state index in [9.17, 15) is 9.59 Å². The molecule has 0 spiro atoms. The lowest BCUT2D eigenvalue weighted by molar-refractivity contribution is -0.126. The number of hydrogen-bond acceptors (Lipinski definition) is 4. The van der Waals surface area contributed by atoms with Crippen LogP contribution < -0.4 is 10.6 Å². The second-order valence-corrected chi connectivity index (χ2v) is 5.96. The number of fused-ring (bicyclic) bond motifs is 1. The summed E-state index contributed by atoms with van der Waals surface area (Å²) in [5.41, 5.74) is 2.46. The van der Waals surface area contributed by atoms with E-state index in [0.29, 0.717) is 31.7 Å². The highest BCUT2D eigenvalue weighted by Gasteiger charge is 2.28. The first-order valence-corrected chi connectivity index (χ1v) is 8.41. The van der Waals surface area contributed by atoms with Crippen LogP contribution in [0.2, 0.25) is 0 Å². The van der Waals surface area contributed by atoms with Crippen LogP contribution >= 0.6 is 0 Å². The minimum absolute atomic E-state index is 0.0553. The topological polar surface area (TPSA) is 85.2 Å². The third-order valence-corrected chi connectivity index (χ3v) is 4.12. The molecule has 2 aromatic rings. The minimum atomic E-state index is -0.147. The van der Waals surface area contributed by atoms with Crippen molar-refractivity contribution in [2.75, 3.05) is 13.2 Å². The third kappa shape index (κ3) is 4.24. The van der Waals surface area contributed by atoms with E-state index < -0.39 is 0 Å². The Kier molecular flexibility index (Phi) is 5.45. The highest BCUT2D eigenvalue weighted by molar-refractivity contribution is 5.95. The summed E-state index contributed by atoms with van der Waals surface area (Å²) in [4.78, 5) is 24.2. The van der Waals surface area contributed by atoms with E-state index in [2.05, 4.69) is 15.7 Å². The van der Waals surface area contributed by atoms with Gasteiger partial charge in [0.15, 0.2) is 0 Å². The zero-order valence-corrected chi connectivity index (χ0v) is 14.2. The summed E-state index contributed by atoms with van der Waals surface area (Å²) in [6.45, 7) is 3.45. The van der Waals surface area contributed by atoms with E-state index >= 15 is 0 Å². The van der Waals surface area contributed by atoms with Crippen LogP contribution in [0.25, 0.3) is 0 Å². The number of carbonyl (C=O) groups is 2. The van der Waals surface area contributed by atoms with Gasteiger partial charge < -0.3 is 15.4 Å². The van der Waals surface area contributed by atoms with Crippen molar-refractivity contribution in [1.29, 1.82) is 0 Å². The summed E-state index contributed by atoms with van der Waals surface area (Å²) in [6, 6.07) is 9.69. The molecule has 25 heavy (non-hydrogen) atoms. The van der Waals surface area contributed by atoms with Gasteiger partial charge in [0.25, 0.3) is 5.91 Å². The maximum absolute atomic E-state index is 12.4. The zero-order valence-electron chi connectivity index (χ0n) is 14.2. The molecule has 0 saturated carbocycles. The van der Waals surface area contributed by atoms with Gasteiger partial charge in [0, 0.05) is 19.6 Å². The zero-order chi connectivity index (χ0) is 17.6. The van der Waals surface area contributed by atoms with Gasteiger partial charge in [-0.15, -0.1) is 0 Å². The molecular weight excluding hydrogens is 320 g/mol. The average Bonchev–Trinajstić information content (AvgIpc) is 3.18. The van der Waals surface area contributed by atoms with Crippen LogP contribution in [0.1, 0.15) is 28.5 Å². The first-order valence-electron chi connectivity index (χ1n) is 8.41. The molecule has 0 fully saturated rings. The van der Waals surface area contributed by atoms with Crippen molar-refractivity contribution in [1.82, 2.24) is 20.4 Å². The molecular formula is C18H22N4O3. The number of carbonyl (C=O) groups excluding carboxylic acids is 2. The van der Waals surface area contributed by atoms with E-state index in [1.54, 1.807) is 10.9 Å². The molecule has 0 radical (unpaired) electrons. The van der Waals surface area contributed by atoms with Crippen LogP contribution in [-0.2, 0) is 29.0 Å². The summed E-state index contributed by atoms with van der Waals surface area (Å²) in [6.07, 6.45) is 2.18. The Balaban J connectivity index is 1.56. The Morgan fingerprint density at radius 3 is 2.88 bits per heavy atom. The number of nitrogens with zero attached hydrogens (tertiary/aromatic N) is 2. The van der Waals surface area contributed by atoms with Crippen LogP contribution in [-0.4, -0.2) is 40.9 Å². The fourth-order valence-electron chi connectivity index (χ4n) is 2.91. The maximum atomic E-state index is 12.4. The van der Waals surface area contributed by atoms with Crippen molar-refractivity contribution in [3.05, 3.63) is 53.3 Å². The fraction of sp³-hybridized carbons (Fsp3) is 0.389. The molecule has 1 aliphatic heterocycles. The fourth-order valence-corrected chi connectivity index (χ4v) is 2.91. The van der Waals surface area contributed by atoms with Gasteiger partial charge in [-0.05, 0) is 12.5 Å². The lowest BCUT2D eigenvalue weighted by atomic mass is 10.1. The van der Waals surface area contributed by atoms with Crippen molar-refractivity contribution in [3.63, 3.8) is 0 Å². The second kappa shape index (κ2) is 7.94. The molecule has 1 atom stereocenters. The van der Waals surface area contributed by atoms with Crippen molar-refractivity contribution >= 4 is 11.8 Å². The number of benzene rings is 1. The van der Waals surface area contributed by atoms with Gasteiger partial charge in [-0.2, -0.15) is 5.10 Å². The number of rotatable bonds is 7. The molecule has 7 heteroatoms. The molecule has 2 N–H and O–H groups in total. The molecule has 1 aliphatic rings. The molecule has 3 rings (SSSR count). The molecule has 0 bridgehead atoms. The third-order valence-electron chi connectivity index (χ3n) is 4.12. The van der Waals surface area contributed by atoms with E-state index in [1.165, 1.54) is 0 Å². The molecule has 7 nitrogen and oxygen atoms in total. The molecule has 132 valence electrons. The smallest absolute Gasteiger partial charge is 0.255 e. The van der Waals surface area contributed by atoms with Crippen molar-refractivity contribution in [3.8, 4) is 0 Å². The first kappa shape index (κ1) is 17.2. The molecule has 2 amide bonds. The number of nitrogens with one attached hydrogen (secondary N) is 2. The monoisotopic (exact) mass is 342 g/mol. The largest absolute Gasteiger partial charge is 0.372 e. The van der Waals surface area contributed by atoms with E-state index in [0.717, 1.165) is 11.3 Å². The standard InChI is InChI=1S/C18H22N4O3/c1-2-25-12-17(23)21-14-8-16-15(10-20-22(16)11-14)18(24)19-9-13-6-4-3-5-7-13/h3-7,10,14H,2,8-9,11-12H2,1H3,(H,19,24)(H,21,23)/t14-/m0/s1. The molecule has 0 unspecified atom stereocenters. The van der Waals surface area contributed by atoms with E-state index in [1.807, 2.05) is 37.3 Å². The summed E-state index contributed by atoms with van der Waals surface area (Å²) >= 11 is 0. The SMILES string of the molecule is CCOCC(=O)N[C@H]1Cc2c(C(=O)NCc3ccccc3)cnn2C1. The molecule has 0 saturated heterocycles. The van der Waals surface area contributed by atoms with Gasteiger partial charge in [0.05, 0.1) is 30.0 Å². The van der Waals surface area contributed by atoms with Gasteiger partial charge in [0.1, 0.15) is 6.61 Å². The van der Waals surface area contributed by atoms with Crippen molar-refractivity contribution in [2.45, 2.75) is 32.5 Å². The predicted molar refractivity (Wildman–Crippen MR) is 92.0 cm³/mol. The molecule has 2 heterocycles. The Hall–Kier alpha value is -2.67. The van der Waals surface area contributed by atoms with Crippen LogP contribution in [0.3, 0.4) is 0 Å². The second-order valence-electron chi connectivity index (χ2n) is 5.96. The van der Waals surface area contributed by atoms with Crippen LogP contribution in [0, 0.1) is 0 Å². The molecule has 0 aliphatic carbocycles. The Morgan fingerprint density at radius 2 is 2.12 bits per heavy atom. The van der Waals surface area contributed by atoms with Gasteiger partial charge >= 0.3 is 0 Å². The lowest BCUT2D eigenvalue weighted by Crippen LogP contribution is -2.38. The predicted octanol–water partition coefficient (Wildman–Crippen LogP) is 0.890. The van der Waals surface area contributed by atoms with Gasteiger partial charge in [-0.25, -0.2) is 0 Å². The van der Waals surface area contributed by atoms with Crippen LogP contribution in [0.4, 0.5) is 0 Å². The number of amides is 2. The highest BCUT2D eigenvalue weighted by Crippen LogP contribution is 2.19. The normalized spacial score (nSPS) is 15.6.